The second-order valence-corrected chi connectivity index (χ2v) is 10.8. The Kier molecular flexibility index (Phi) is 6.37. The largest absolute Gasteiger partial charge is 0.494 e. The van der Waals surface area contributed by atoms with Gasteiger partial charge in [-0.15, -0.1) is 5.10 Å². The van der Waals surface area contributed by atoms with Crippen molar-refractivity contribution in [2.24, 2.45) is 5.41 Å². The molecule has 0 radical (unpaired) electrons. The van der Waals surface area contributed by atoms with Gasteiger partial charge in [-0.2, -0.15) is 0 Å². The summed E-state index contributed by atoms with van der Waals surface area (Å²) in [4.78, 5) is 21.5. The summed E-state index contributed by atoms with van der Waals surface area (Å²) in [6.07, 6.45) is 8.06. The normalized spacial score (nSPS) is 22.9. The van der Waals surface area contributed by atoms with Crippen molar-refractivity contribution in [1.82, 2.24) is 20.2 Å². The Labute approximate surface area is 212 Å². The van der Waals surface area contributed by atoms with Crippen molar-refractivity contribution in [1.29, 1.82) is 0 Å². The quantitative estimate of drug-likeness (QED) is 0.475. The van der Waals surface area contributed by atoms with E-state index in [1.165, 1.54) is 19.5 Å². The van der Waals surface area contributed by atoms with E-state index in [2.05, 4.69) is 25.5 Å². The SMILES string of the molecule is COc1cnc(C)c(F)c1-c1cc(C)ncc1C(=O)Nc1nnc(OCC23CCC(O)(CC2)CC3)s1. The van der Waals surface area contributed by atoms with Crippen LogP contribution >= 0.6 is 11.3 Å². The number of carbonyl (C=O) groups is 1. The number of fused-ring (bicyclic) bond motifs is 3. The summed E-state index contributed by atoms with van der Waals surface area (Å²) in [5.41, 5.74) is 1.03. The maximum Gasteiger partial charge on any atom is 0.295 e. The van der Waals surface area contributed by atoms with E-state index < -0.39 is 17.3 Å². The highest BCUT2D eigenvalue weighted by Crippen LogP contribution is 2.52. The number of methoxy groups -OCH3 is 1. The summed E-state index contributed by atoms with van der Waals surface area (Å²) < 4.78 is 26.4. The number of pyridine rings is 2. The number of ether oxygens (including phenoxy) is 2. The molecule has 190 valence electrons. The zero-order chi connectivity index (χ0) is 25.5. The third kappa shape index (κ3) is 4.64. The zero-order valence-corrected chi connectivity index (χ0v) is 21.2. The fourth-order valence-corrected chi connectivity index (χ4v) is 5.67. The van der Waals surface area contributed by atoms with E-state index in [4.69, 9.17) is 9.47 Å². The standard InChI is InChI=1S/C25H28FN5O4S/c1-14-10-16(19-18(34-3)12-28-15(2)20(19)26)17(11-27-14)21(32)29-22-30-31-23(36-22)35-13-24-4-7-25(33,8-5-24)9-6-24/h10-12,33H,4-9,13H2,1-3H3,(H,29,30,32). The number of aryl methyl sites for hydroxylation is 2. The number of hydrogen-bond acceptors (Lipinski definition) is 9. The predicted molar refractivity (Wildman–Crippen MR) is 132 cm³/mol. The molecule has 0 spiro atoms. The van der Waals surface area contributed by atoms with Crippen LogP contribution in [-0.2, 0) is 0 Å². The van der Waals surface area contributed by atoms with E-state index in [0.717, 1.165) is 49.9 Å². The highest BCUT2D eigenvalue weighted by molar-refractivity contribution is 7.17. The second kappa shape index (κ2) is 9.36. The van der Waals surface area contributed by atoms with Crippen molar-refractivity contribution in [3.05, 3.63) is 41.2 Å². The second-order valence-electron chi connectivity index (χ2n) is 9.81. The summed E-state index contributed by atoms with van der Waals surface area (Å²) in [7, 11) is 1.42. The average Bonchev–Trinajstić information content (AvgIpc) is 3.32. The number of aliphatic hydroxyl groups is 1. The molecule has 3 heterocycles. The van der Waals surface area contributed by atoms with E-state index in [1.54, 1.807) is 19.9 Å². The van der Waals surface area contributed by atoms with Crippen molar-refractivity contribution in [3.8, 4) is 22.1 Å². The lowest BCUT2D eigenvalue weighted by atomic mass is 9.59. The zero-order valence-electron chi connectivity index (χ0n) is 20.4. The summed E-state index contributed by atoms with van der Waals surface area (Å²) in [6.45, 7) is 3.82. The molecule has 0 unspecified atom stereocenters. The van der Waals surface area contributed by atoms with Gasteiger partial charge in [0.2, 0.25) is 5.13 Å². The predicted octanol–water partition coefficient (Wildman–Crippen LogP) is 4.48. The Morgan fingerprint density at radius 1 is 1.14 bits per heavy atom. The molecule has 3 aliphatic rings. The highest BCUT2D eigenvalue weighted by atomic mass is 32.1. The molecule has 0 aliphatic heterocycles. The summed E-state index contributed by atoms with van der Waals surface area (Å²) >= 11 is 1.13. The number of amides is 1. The van der Waals surface area contributed by atoms with E-state index in [1.807, 2.05) is 0 Å². The molecule has 2 bridgehead atoms. The van der Waals surface area contributed by atoms with Gasteiger partial charge in [-0.1, -0.05) is 5.10 Å². The Hall–Kier alpha value is -3.18. The molecule has 1 amide bonds. The van der Waals surface area contributed by atoms with Crippen molar-refractivity contribution >= 4 is 22.4 Å². The van der Waals surface area contributed by atoms with Gasteiger partial charge in [0.1, 0.15) is 5.75 Å². The average molecular weight is 514 g/mol. The number of aromatic nitrogens is 4. The van der Waals surface area contributed by atoms with Crippen LogP contribution in [0.4, 0.5) is 9.52 Å². The van der Waals surface area contributed by atoms with E-state index in [-0.39, 0.29) is 33.1 Å². The lowest BCUT2D eigenvalue weighted by molar-refractivity contribution is -0.103. The molecule has 11 heteroatoms. The van der Waals surface area contributed by atoms with Gasteiger partial charge in [-0.25, -0.2) is 4.39 Å². The number of nitrogens with one attached hydrogen (secondary N) is 1. The van der Waals surface area contributed by atoms with Crippen LogP contribution in [0.5, 0.6) is 10.9 Å². The van der Waals surface area contributed by atoms with Gasteiger partial charge in [0.05, 0.1) is 42.3 Å². The van der Waals surface area contributed by atoms with Gasteiger partial charge >= 0.3 is 0 Å². The third-order valence-electron chi connectivity index (χ3n) is 7.42. The van der Waals surface area contributed by atoms with Crippen molar-refractivity contribution < 1.29 is 23.8 Å². The highest BCUT2D eigenvalue weighted by Gasteiger charge is 2.48. The lowest BCUT2D eigenvalue weighted by Gasteiger charge is -2.50. The smallest absolute Gasteiger partial charge is 0.295 e. The molecule has 3 saturated carbocycles. The molecule has 3 aromatic rings. The molecule has 0 saturated heterocycles. The number of nitrogens with zero attached hydrogens (tertiary/aromatic N) is 4. The Balaban J connectivity index is 1.33. The van der Waals surface area contributed by atoms with Crippen LogP contribution in [-0.4, -0.2) is 50.5 Å². The molecule has 0 aromatic carbocycles. The Bertz CT molecular complexity index is 1290. The maximum atomic E-state index is 15.1. The van der Waals surface area contributed by atoms with E-state index in [0.29, 0.717) is 23.1 Å². The summed E-state index contributed by atoms with van der Waals surface area (Å²) in [6, 6.07) is 1.64. The first-order chi connectivity index (χ1) is 17.2. The van der Waals surface area contributed by atoms with Gasteiger partial charge in [0.25, 0.3) is 11.1 Å². The van der Waals surface area contributed by atoms with Gasteiger partial charge in [-0.05, 0) is 69.8 Å². The van der Waals surface area contributed by atoms with E-state index >= 15 is 4.39 Å². The number of rotatable bonds is 7. The monoisotopic (exact) mass is 513 g/mol. The van der Waals surface area contributed by atoms with Crippen LogP contribution in [0.15, 0.2) is 18.5 Å². The van der Waals surface area contributed by atoms with Crippen molar-refractivity contribution in [3.63, 3.8) is 0 Å². The summed E-state index contributed by atoms with van der Waals surface area (Å²) in [5.74, 6) is -0.856. The van der Waals surface area contributed by atoms with Crippen LogP contribution < -0.4 is 14.8 Å². The fraction of sp³-hybridized carbons (Fsp3) is 0.480. The number of anilines is 1. The Morgan fingerprint density at radius 2 is 1.86 bits per heavy atom. The number of carbonyl (C=O) groups excluding carboxylic acids is 1. The number of hydrogen-bond donors (Lipinski definition) is 2. The van der Waals surface area contributed by atoms with Crippen LogP contribution in [0.1, 0.15) is 60.3 Å². The molecule has 36 heavy (non-hydrogen) atoms. The van der Waals surface area contributed by atoms with Gasteiger partial charge in [-0.3, -0.25) is 20.1 Å². The van der Waals surface area contributed by atoms with Gasteiger partial charge < -0.3 is 14.6 Å². The molecular weight excluding hydrogens is 485 g/mol. The Morgan fingerprint density at radius 3 is 2.56 bits per heavy atom. The van der Waals surface area contributed by atoms with Crippen molar-refractivity contribution in [2.75, 3.05) is 19.0 Å². The number of halogens is 1. The third-order valence-corrected chi connectivity index (χ3v) is 8.18. The minimum absolute atomic E-state index is 0.0633. The molecular formula is C25H28FN5O4S. The molecule has 0 atom stereocenters. The first-order valence-corrected chi connectivity index (χ1v) is 12.7. The first-order valence-electron chi connectivity index (χ1n) is 11.9. The minimum atomic E-state index is -0.566. The molecule has 9 nitrogen and oxygen atoms in total. The van der Waals surface area contributed by atoms with Crippen LogP contribution in [0, 0.1) is 25.1 Å². The molecule has 3 fully saturated rings. The lowest BCUT2D eigenvalue weighted by Crippen LogP contribution is -2.48. The van der Waals surface area contributed by atoms with Crippen molar-refractivity contribution in [2.45, 2.75) is 58.0 Å². The maximum absolute atomic E-state index is 15.1. The minimum Gasteiger partial charge on any atom is -0.494 e. The van der Waals surface area contributed by atoms with Crippen LogP contribution in [0.2, 0.25) is 0 Å². The van der Waals surface area contributed by atoms with Gasteiger partial charge in [0.15, 0.2) is 5.82 Å². The molecule has 3 aromatic heterocycles. The molecule has 6 rings (SSSR count). The molecule has 3 aliphatic carbocycles. The van der Waals surface area contributed by atoms with E-state index in [9.17, 15) is 9.90 Å². The fourth-order valence-electron chi connectivity index (χ4n) is 5.08. The molecule has 2 N–H and O–H groups in total. The topological polar surface area (TPSA) is 119 Å². The van der Waals surface area contributed by atoms with Gasteiger partial charge in [0, 0.05) is 22.9 Å². The first kappa shape index (κ1) is 24.5. The summed E-state index contributed by atoms with van der Waals surface area (Å²) in [5, 5.41) is 21.9. The van der Waals surface area contributed by atoms with Crippen LogP contribution in [0.25, 0.3) is 11.1 Å². The van der Waals surface area contributed by atoms with Crippen LogP contribution in [0.3, 0.4) is 0 Å².